The van der Waals surface area contributed by atoms with Gasteiger partial charge in [-0.15, -0.1) is 24.0 Å². The smallest absolute Gasteiger partial charge is 0.188 e. The van der Waals surface area contributed by atoms with Crippen molar-refractivity contribution in [3.05, 3.63) is 29.6 Å². The number of aliphatic imine (C=N–C) groups is 1. The minimum absolute atomic E-state index is 0. The zero-order valence-electron chi connectivity index (χ0n) is 12.3. The van der Waals surface area contributed by atoms with Crippen LogP contribution in [0.5, 0.6) is 5.75 Å². The van der Waals surface area contributed by atoms with E-state index >= 15 is 0 Å². The second-order valence-corrected chi connectivity index (χ2v) is 5.17. The molecule has 1 fully saturated rings. The molecule has 6 heteroatoms. The maximum Gasteiger partial charge on any atom is 0.188 e. The summed E-state index contributed by atoms with van der Waals surface area (Å²) in [4.78, 5) is 4.32. The number of nitrogens with zero attached hydrogens (tertiary/aromatic N) is 1. The fourth-order valence-electron chi connectivity index (χ4n) is 2.15. The molecule has 1 aromatic carbocycles. The van der Waals surface area contributed by atoms with Gasteiger partial charge in [0.15, 0.2) is 17.5 Å². The molecule has 0 bridgehead atoms. The van der Waals surface area contributed by atoms with Gasteiger partial charge in [0.05, 0.1) is 7.11 Å². The van der Waals surface area contributed by atoms with Gasteiger partial charge in [0.25, 0.3) is 0 Å². The Morgan fingerprint density at radius 3 is 2.86 bits per heavy atom. The lowest BCUT2D eigenvalue weighted by molar-refractivity contribution is 0.326. The van der Waals surface area contributed by atoms with Gasteiger partial charge >= 0.3 is 0 Å². The van der Waals surface area contributed by atoms with Gasteiger partial charge in [0.1, 0.15) is 0 Å². The summed E-state index contributed by atoms with van der Waals surface area (Å²) in [5.41, 5.74) is 6.80. The molecule has 0 unspecified atom stereocenters. The van der Waals surface area contributed by atoms with Gasteiger partial charge in [-0.2, -0.15) is 0 Å². The van der Waals surface area contributed by atoms with Gasteiger partial charge < -0.3 is 15.8 Å². The van der Waals surface area contributed by atoms with Crippen LogP contribution in [0.1, 0.15) is 24.8 Å². The lowest BCUT2D eigenvalue weighted by Gasteiger charge is -2.23. The highest BCUT2D eigenvalue weighted by Crippen LogP contribution is 2.26. The first-order chi connectivity index (χ1) is 9.69. The second-order valence-electron chi connectivity index (χ2n) is 5.17. The molecular formula is C15H23FIN3O. The van der Waals surface area contributed by atoms with E-state index < -0.39 is 0 Å². The van der Waals surface area contributed by atoms with Gasteiger partial charge in [0.2, 0.25) is 0 Å². The van der Waals surface area contributed by atoms with Crippen molar-refractivity contribution in [1.29, 1.82) is 0 Å². The molecule has 1 aliphatic rings. The molecule has 1 saturated carbocycles. The van der Waals surface area contributed by atoms with Crippen molar-refractivity contribution in [3.8, 4) is 5.75 Å². The Bertz CT molecular complexity index is 478. The molecule has 0 heterocycles. The van der Waals surface area contributed by atoms with E-state index in [1.54, 1.807) is 12.1 Å². The van der Waals surface area contributed by atoms with Crippen molar-refractivity contribution in [2.45, 2.75) is 25.7 Å². The predicted molar refractivity (Wildman–Crippen MR) is 93.9 cm³/mol. The molecule has 0 spiro atoms. The molecule has 1 aromatic rings. The van der Waals surface area contributed by atoms with Crippen molar-refractivity contribution in [1.82, 2.24) is 5.32 Å². The van der Waals surface area contributed by atoms with Crippen molar-refractivity contribution in [2.24, 2.45) is 16.6 Å². The molecule has 0 amide bonds. The number of halogens is 2. The first-order valence-electron chi connectivity index (χ1n) is 7.05. The normalized spacial score (nSPS) is 15.0. The van der Waals surface area contributed by atoms with Crippen LogP contribution in [0.3, 0.4) is 0 Å². The Morgan fingerprint density at radius 2 is 2.24 bits per heavy atom. The summed E-state index contributed by atoms with van der Waals surface area (Å²) >= 11 is 0. The third-order valence-corrected chi connectivity index (χ3v) is 3.68. The van der Waals surface area contributed by atoms with Crippen LogP contribution in [0, 0.1) is 11.7 Å². The highest BCUT2D eigenvalue weighted by molar-refractivity contribution is 14.0. The predicted octanol–water partition coefficient (Wildman–Crippen LogP) is 2.70. The minimum atomic E-state index is -0.342. The number of guanidine groups is 1. The van der Waals surface area contributed by atoms with Crippen molar-refractivity contribution >= 4 is 29.9 Å². The zero-order chi connectivity index (χ0) is 14.4. The van der Waals surface area contributed by atoms with Crippen LogP contribution >= 0.6 is 24.0 Å². The fourth-order valence-corrected chi connectivity index (χ4v) is 2.15. The number of methoxy groups -OCH3 is 1. The Labute approximate surface area is 142 Å². The molecule has 4 nitrogen and oxygen atoms in total. The summed E-state index contributed by atoms with van der Waals surface area (Å²) in [5.74, 6) is 1.14. The van der Waals surface area contributed by atoms with Crippen molar-refractivity contribution in [3.63, 3.8) is 0 Å². The van der Waals surface area contributed by atoms with Crippen LogP contribution in [-0.2, 0) is 6.42 Å². The third kappa shape index (κ3) is 5.68. The summed E-state index contributed by atoms with van der Waals surface area (Å²) in [6.07, 6.45) is 4.61. The summed E-state index contributed by atoms with van der Waals surface area (Å²) in [5, 5.41) is 3.08. The molecule has 0 saturated heterocycles. The highest BCUT2D eigenvalue weighted by atomic mass is 127. The standard InChI is InChI=1S/C15H22FN3O.HI/c1-20-14-9-11(5-6-13(14)16)7-8-18-15(17)19-10-12-3-2-4-12;/h5-6,9,12H,2-4,7-8,10H2,1H3,(H3,17,18,19);1H. The number of hydrogen-bond donors (Lipinski definition) is 2. The molecule has 0 aliphatic heterocycles. The Morgan fingerprint density at radius 1 is 1.48 bits per heavy atom. The number of benzene rings is 1. The van der Waals surface area contributed by atoms with E-state index in [4.69, 9.17) is 10.5 Å². The van der Waals surface area contributed by atoms with Crippen LogP contribution in [-0.4, -0.2) is 26.2 Å². The van der Waals surface area contributed by atoms with Crippen LogP contribution in [0.15, 0.2) is 23.2 Å². The highest BCUT2D eigenvalue weighted by Gasteiger charge is 2.16. The van der Waals surface area contributed by atoms with E-state index in [0.717, 1.165) is 24.4 Å². The van der Waals surface area contributed by atoms with Crippen LogP contribution in [0.4, 0.5) is 4.39 Å². The molecular weight excluding hydrogens is 384 g/mol. The monoisotopic (exact) mass is 407 g/mol. The Balaban J connectivity index is 0.00000220. The largest absolute Gasteiger partial charge is 0.494 e. The van der Waals surface area contributed by atoms with E-state index in [2.05, 4.69) is 10.3 Å². The van der Waals surface area contributed by atoms with Gasteiger partial charge in [-0.05, 0) is 42.9 Å². The molecule has 3 N–H and O–H groups in total. The van der Waals surface area contributed by atoms with Gasteiger partial charge in [-0.1, -0.05) is 12.5 Å². The molecule has 21 heavy (non-hydrogen) atoms. The Hall–Kier alpha value is -1.05. The Kier molecular flexibility index (Phi) is 7.77. The van der Waals surface area contributed by atoms with E-state index in [1.165, 1.54) is 32.4 Å². The average molecular weight is 407 g/mol. The maximum absolute atomic E-state index is 13.3. The summed E-state index contributed by atoms with van der Waals surface area (Å²) in [7, 11) is 1.46. The number of nitrogens with two attached hydrogens (primary N) is 1. The average Bonchev–Trinajstić information content (AvgIpc) is 2.39. The van der Waals surface area contributed by atoms with Crippen LogP contribution < -0.4 is 15.8 Å². The molecule has 2 rings (SSSR count). The van der Waals surface area contributed by atoms with E-state index in [9.17, 15) is 4.39 Å². The van der Waals surface area contributed by atoms with E-state index in [-0.39, 0.29) is 35.5 Å². The number of hydrogen-bond acceptors (Lipinski definition) is 2. The van der Waals surface area contributed by atoms with E-state index in [1.807, 2.05) is 0 Å². The molecule has 0 radical (unpaired) electrons. The SMILES string of the molecule is COc1cc(CCNC(N)=NCC2CCC2)ccc1F.I. The number of rotatable bonds is 6. The number of nitrogens with one attached hydrogen (secondary N) is 1. The van der Waals surface area contributed by atoms with Gasteiger partial charge in [-0.3, -0.25) is 4.99 Å². The molecule has 0 atom stereocenters. The molecule has 118 valence electrons. The summed E-state index contributed by atoms with van der Waals surface area (Å²) < 4.78 is 18.2. The second kappa shape index (κ2) is 9.07. The topological polar surface area (TPSA) is 59.6 Å². The molecule has 0 aromatic heterocycles. The lowest BCUT2D eigenvalue weighted by Crippen LogP contribution is -2.34. The first kappa shape index (κ1) is 18.0. The fraction of sp³-hybridized carbons (Fsp3) is 0.533. The summed E-state index contributed by atoms with van der Waals surface area (Å²) in [6, 6.07) is 4.88. The summed E-state index contributed by atoms with van der Waals surface area (Å²) in [6.45, 7) is 1.50. The first-order valence-corrected chi connectivity index (χ1v) is 7.05. The van der Waals surface area contributed by atoms with Crippen molar-refractivity contribution < 1.29 is 9.13 Å². The van der Waals surface area contributed by atoms with Crippen molar-refractivity contribution in [2.75, 3.05) is 20.2 Å². The maximum atomic E-state index is 13.3. The quantitative estimate of drug-likeness (QED) is 0.433. The van der Waals surface area contributed by atoms with Gasteiger partial charge in [-0.25, -0.2) is 4.39 Å². The van der Waals surface area contributed by atoms with Crippen LogP contribution in [0.2, 0.25) is 0 Å². The van der Waals surface area contributed by atoms with Crippen LogP contribution in [0.25, 0.3) is 0 Å². The zero-order valence-corrected chi connectivity index (χ0v) is 14.6. The third-order valence-electron chi connectivity index (χ3n) is 3.68. The molecule has 1 aliphatic carbocycles. The number of ether oxygens (including phenoxy) is 1. The minimum Gasteiger partial charge on any atom is -0.494 e. The lowest BCUT2D eigenvalue weighted by atomic mass is 9.86. The van der Waals surface area contributed by atoms with Gasteiger partial charge in [0, 0.05) is 13.1 Å². The van der Waals surface area contributed by atoms with E-state index in [0.29, 0.717) is 12.5 Å².